The first-order valence-corrected chi connectivity index (χ1v) is 8.49. The van der Waals surface area contributed by atoms with Crippen molar-refractivity contribution in [2.24, 2.45) is 0 Å². The van der Waals surface area contributed by atoms with E-state index in [0.29, 0.717) is 23.6 Å². The molecule has 3 rings (SSSR count). The standard InChI is InChI=1S/C19H23N3O3/c1-12-16(19(24)21-13(2)20-12)11-18(23)22-9-5-8-17(22)14-6-4-7-15(10-14)25-3/h4,6-7,10,17H,5,8-9,11H2,1-3H3,(H,20,21,24)/t17-/m0/s1. The van der Waals surface area contributed by atoms with E-state index in [0.717, 1.165) is 24.2 Å². The van der Waals surface area contributed by atoms with Gasteiger partial charge >= 0.3 is 0 Å². The Bertz CT molecular complexity index is 844. The zero-order valence-corrected chi connectivity index (χ0v) is 14.8. The van der Waals surface area contributed by atoms with Crippen LogP contribution in [-0.4, -0.2) is 34.4 Å². The Hall–Kier alpha value is -2.63. The molecule has 6 heteroatoms. The number of methoxy groups -OCH3 is 1. The van der Waals surface area contributed by atoms with Crippen LogP contribution >= 0.6 is 0 Å². The molecule has 0 bridgehead atoms. The number of rotatable bonds is 4. The fraction of sp³-hybridized carbons (Fsp3) is 0.421. The average Bonchev–Trinajstić information content (AvgIpc) is 3.07. The molecule has 0 saturated carbocycles. The Morgan fingerprint density at radius 2 is 2.20 bits per heavy atom. The van der Waals surface area contributed by atoms with Gasteiger partial charge in [0.05, 0.1) is 19.6 Å². The highest BCUT2D eigenvalue weighted by molar-refractivity contribution is 5.79. The summed E-state index contributed by atoms with van der Waals surface area (Å²) in [6.45, 7) is 4.21. The number of nitrogens with zero attached hydrogens (tertiary/aromatic N) is 2. The van der Waals surface area contributed by atoms with E-state index in [1.54, 1.807) is 21.0 Å². The number of aromatic nitrogens is 2. The van der Waals surface area contributed by atoms with Crippen LogP contribution in [0.2, 0.25) is 0 Å². The highest BCUT2D eigenvalue weighted by Gasteiger charge is 2.30. The maximum Gasteiger partial charge on any atom is 0.254 e. The van der Waals surface area contributed by atoms with Gasteiger partial charge in [-0.3, -0.25) is 9.59 Å². The van der Waals surface area contributed by atoms with Crippen LogP contribution in [0.15, 0.2) is 29.1 Å². The summed E-state index contributed by atoms with van der Waals surface area (Å²) < 4.78 is 5.29. The van der Waals surface area contributed by atoms with E-state index >= 15 is 0 Å². The lowest BCUT2D eigenvalue weighted by molar-refractivity contribution is -0.131. The highest BCUT2D eigenvalue weighted by Crippen LogP contribution is 2.33. The second-order valence-corrected chi connectivity index (χ2v) is 6.41. The summed E-state index contributed by atoms with van der Waals surface area (Å²) in [7, 11) is 1.64. The monoisotopic (exact) mass is 341 g/mol. The van der Waals surface area contributed by atoms with Crippen molar-refractivity contribution in [2.75, 3.05) is 13.7 Å². The van der Waals surface area contributed by atoms with Gasteiger partial charge in [0, 0.05) is 17.8 Å². The van der Waals surface area contributed by atoms with Gasteiger partial charge < -0.3 is 14.6 Å². The first-order valence-electron chi connectivity index (χ1n) is 8.49. The van der Waals surface area contributed by atoms with E-state index in [4.69, 9.17) is 4.74 Å². The van der Waals surface area contributed by atoms with Gasteiger partial charge in [0.1, 0.15) is 11.6 Å². The SMILES string of the molecule is COc1cccc([C@@H]2CCCN2C(=O)Cc2c(C)nc(C)[nH]c2=O)c1. The van der Waals surface area contributed by atoms with Gasteiger partial charge in [0.2, 0.25) is 5.91 Å². The summed E-state index contributed by atoms with van der Waals surface area (Å²) in [4.78, 5) is 33.8. The predicted molar refractivity (Wildman–Crippen MR) is 94.7 cm³/mol. The van der Waals surface area contributed by atoms with Crippen LogP contribution in [0.1, 0.15) is 41.5 Å². The lowest BCUT2D eigenvalue weighted by Crippen LogP contribution is -2.34. The minimum absolute atomic E-state index is 0.0281. The zero-order chi connectivity index (χ0) is 18.0. The lowest BCUT2D eigenvalue weighted by Gasteiger charge is -2.25. The molecular weight excluding hydrogens is 318 g/mol. The van der Waals surface area contributed by atoms with Gasteiger partial charge in [-0.1, -0.05) is 12.1 Å². The van der Waals surface area contributed by atoms with Crippen LogP contribution < -0.4 is 10.3 Å². The maximum atomic E-state index is 12.9. The number of hydrogen-bond acceptors (Lipinski definition) is 4. The van der Waals surface area contributed by atoms with Crippen molar-refractivity contribution in [3.05, 3.63) is 57.3 Å². The molecule has 1 atom stereocenters. The van der Waals surface area contributed by atoms with Crippen molar-refractivity contribution in [3.63, 3.8) is 0 Å². The third-order valence-electron chi connectivity index (χ3n) is 4.72. The summed E-state index contributed by atoms with van der Waals surface area (Å²) in [5, 5.41) is 0. The first-order chi connectivity index (χ1) is 12.0. The Kier molecular flexibility index (Phi) is 4.88. The molecule has 2 heterocycles. The molecule has 0 radical (unpaired) electrons. The number of aryl methyl sites for hydroxylation is 2. The minimum Gasteiger partial charge on any atom is -0.497 e. The van der Waals surface area contributed by atoms with Crippen molar-refractivity contribution in [1.82, 2.24) is 14.9 Å². The van der Waals surface area contributed by atoms with E-state index in [-0.39, 0.29) is 23.9 Å². The van der Waals surface area contributed by atoms with Crippen LogP contribution in [0.5, 0.6) is 5.75 Å². The molecule has 6 nitrogen and oxygen atoms in total. The molecule has 1 aliphatic heterocycles. The average molecular weight is 341 g/mol. The molecule has 0 unspecified atom stereocenters. The summed E-state index contributed by atoms with van der Waals surface area (Å²) in [5.74, 6) is 1.31. The largest absolute Gasteiger partial charge is 0.497 e. The predicted octanol–water partition coefficient (Wildman–Crippen LogP) is 2.30. The van der Waals surface area contributed by atoms with Crippen molar-refractivity contribution < 1.29 is 9.53 Å². The highest BCUT2D eigenvalue weighted by atomic mass is 16.5. The molecule has 0 aliphatic carbocycles. The number of likely N-dealkylation sites (tertiary alicyclic amines) is 1. The number of H-pyrrole nitrogens is 1. The molecule has 0 spiro atoms. The van der Waals surface area contributed by atoms with E-state index in [1.807, 2.05) is 29.2 Å². The summed E-state index contributed by atoms with van der Waals surface area (Å²) in [5.41, 5.74) is 1.91. The second kappa shape index (κ2) is 7.09. The van der Waals surface area contributed by atoms with Crippen molar-refractivity contribution in [1.29, 1.82) is 0 Å². The molecule has 1 aliphatic rings. The number of carbonyl (C=O) groups is 1. The van der Waals surface area contributed by atoms with Crippen LogP contribution in [0, 0.1) is 13.8 Å². The van der Waals surface area contributed by atoms with Crippen LogP contribution in [0.3, 0.4) is 0 Å². The van der Waals surface area contributed by atoms with E-state index in [2.05, 4.69) is 9.97 Å². The van der Waals surface area contributed by atoms with Crippen molar-refractivity contribution in [3.8, 4) is 5.75 Å². The smallest absolute Gasteiger partial charge is 0.254 e. The van der Waals surface area contributed by atoms with Crippen LogP contribution in [0.25, 0.3) is 0 Å². The van der Waals surface area contributed by atoms with Crippen molar-refractivity contribution >= 4 is 5.91 Å². The minimum atomic E-state index is -0.226. The van der Waals surface area contributed by atoms with E-state index in [1.165, 1.54) is 0 Å². The number of ether oxygens (including phenoxy) is 1. The Balaban J connectivity index is 1.83. The molecule has 1 N–H and O–H groups in total. The van der Waals surface area contributed by atoms with Gasteiger partial charge in [-0.05, 0) is 44.4 Å². The molecule has 2 aromatic rings. The Morgan fingerprint density at radius 3 is 2.92 bits per heavy atom. The number of aromatic amines is 1. The van der Waals surface area contributed by atoms with E-state index < -0.39 is 0 Å². The molecule has 1 aromatic carbocycles. The zero-order valence-electron chi connectivity index (χ0n) is 14.8. The van der Waals surface area contributed by atoms with E-state index in [9.17, 15) is 9.59 Å². The Labute approximate surface area is 146 Å². The van der Waals surface area contributed by atoms with Crippen molar-refractivity contribution in [2.45, 2.75) is 39.2 Å². The topological polar surface area (TPSA) is 75.3 Å². The van der Waals surface area contributed by atoms with Gasteiger partial charge in [-0.15, -0.1) is 0 Å². The molecule has 1 aromatic heterocycles. The quantitative estimate of drug-likeness (QED) is 0.926. The third-order valence-corrected chi connectivity index (χ3v) is 4.72. The molecule has 132 valence electrons. The lowest BCUT2D eigenvalue weighted by atomic mass is 10.0. The molecular formula is C19H23N3O3. The fourth-order valence-electron chi connectivity index (χ4n) is 3.47. The molecule has 25 heavy (non-hydrogen) atoms. The molecule has 1 fully saturated rings. The van der Waals surface area contributed by atoms with Gasteiger partial charge in [-0.2, -0.15) is 0 Å². The Morgan fingerprint density at radius 1 is 1.40 bits per heavy atom. The number of hydrogen-bond donors (Lipinski definition) is 1. The normalized spacial score (nSPS) is 16.9. The molecule has 1 saturated heterocycles. The number of carbonyl (C=O) groups excluding carboxylic acids is 1. The number of benzene rings is 1. The summed E-state index contributed by atoms with van der Waals surface area (Å²) >= 11 is 0. The number of amides is 1. The summed E-state index contributed by atoms with van der Waals surface area (Å²) in [6.07, 6.45) is 1.95. The van der Waals surface area contributed by atoms with Gasteiger partial charge in [0.15, 0.2) is 0 Å². The van der Waals surface area contributed by atoms with Crippen LogP contribution in [0.4, 0.5) is 0 Å². The second-order valence-electron chi connectivity index (χ2n) is 6.41. The van der Waals surface area contributed by atoms with Crippen LogP contribution in [-0.2, 0) is 11.2 Å². The third kappa shape index (κ3) is 3.57. The number of nitrogens with one attached hydrogen (secondary N) is 1. The van der Waals surface area contributed by atoms with Gasteiger partial charge in [0.25, 0.3) is 5.56 Å². The summed E-state index contributed by atoms with van der Waals surface area (Å²) in [6, 6.07) is 7.85. The van der Waals surface area contributed by atoms with Gasteiger partial charge in [-0.25, -0.2) is 4.98 Å². The fourth-order valence-corrected chi connectivity index (χ4v) is 3.47. The maximum absolute atomic E-state index is 12.9. The first kappa shape index (κ1) is 17.2. The molecule has 1 amide bonds.